The second kappa shape index (κ2) is 7.36. The van der Waals surface area contributed by atoms with E-state index in [1.165, 1.54) is 6.92 Å². The second-order valence-electron chi connectivity index (χ2n) is 6.31. The van der Waals surface area contributed by atoms with E-state index in [9.17, 15) is 14.7 Å². The maximum absolute atomic E-state index is 12.2. The highest BCUT2D eigenvalue weighted by atomic mass is 16.5. The zero-order chi connectivity index (χ0) is 16.0. The highest BCUT2D eigenvalue weighted by Crippen LogP contribution is 2.25. The van der Waals surface area contributed by atoms with Crippen LogP contribution in [0.3, 0.4) is 0 Å². The number of esters is 1. The quantitative estimate of drug-likeness (QED) is 0.819. The summed E-state index contributed by atoms with van der Waals surface area (Å²) in [7, 11) is 0. The van der Waals surface area contributed by atoms with E-state index in [0.29, 0.717) is 0 Å². The molecule has 4 nitrogen and oxygen atoms in total. The Bertz CT molecular complexity index is 471. The molecular formula is C17H24O4. The minimum Gasteiger partial charge on any atom is -0.461 e. The molecule has 2 atom stereocenters. The molecule has 0 spiro atoms. The summed E-state index contributed by atoms with van der Waals surface area (Å²) in [5.74, 6) is -1.33. The number of hydrogen-bond acceptors (Lipinski definition) is 4. The van der Waals surface area contributed by atoms with Gasteiger partial charge in [0.2, 0.25) is 0 Å². The summed E-state index contributed by atoms with van der Waals surface area (Å²) in [6.07, 6.45) is -0.971. The minimum absolute atomic E-state index is 0.0966. The Balaban J connectivity index is 2.59. The van der Waals surface area contributed by atoms with E-state index in [4.69, 9.17) is 4.74 Å². The number of ketones is 1. The van der Waals surface area contributed by atoms with Crippen LogP contribution in [0.2, 0.25) is 0 Å². The fourth-order valence-electron chi connectivity index (χ4n) is 2.02. The van der Waals surface area contributed by atoms with E-state index >= 15 is 0 Å². The van der Waals surface area contributed by atoms with E-state index in [0.717, 1.165) is 5.56 Å². The van der Waals surface area contributed by atoms with Gasteiger partial charge in [-0.05, 0) is 12.5 Å². The van der Waals surface area contributed by atoms with Crippen LogP contribution in [0.1, 0.15) is 39.7 Å². The third kappa shape index (κ3) is 5.68. The topological polar surface area (TPSA) is 63.6 Å². The lowest BCUT2D eigenvalue weighted by atomic mass is 9.79. The molecule has 1 aromatic rings. The second-order valence-corrected chi connectivity index (χ2v) is 6.31. The molecule has 4 heteroatoms. The van der Waals surface area contributed by atoms with Gasteiger partial charge < -0.3 is 9.84 Å². The van der Waals surface area contributed by atoms with E-state index in [1.54, 1.807) is 20.8 Å². The molecule has 0 aliphatic rings. The van der Waals surface area contributed by atoms with Crippen LogP contribution in [-0.4, -0.2) is 23.0 Å². The lowest BCUT2D eigenvalue weighted by Crippen LogP contribution is -2.36. The highest BCUT2D eigenvalue weighted by molar-refractivity contribution is 5.89. The molecule has 0 saturated heterocycles. The number of aliphatic hydroxyl groups excluding tert-OH is 1. The van der Waals surface area contributed by atoms with E-state index in [2.05, 4.69) is 0 Å². The van der Waals surface area contributed by atoms with Crippen LogP contribution in [0.25, 0.3) is 0 Å². The predicted molar refractivity (Wildman–Crippen MR) is 80.5 cm³/mol. The molecule has 0 heterocycles. The molecule has 0 bridgehead atoms. The monoisotopic (exact) mass is 292 g/mol. The van der Waals surface area contributed by atoms with Crippen molar-refractivity contribution >= 4 is 11.8 Å². The number of carbonyl (C=O) groups excluding carboxylic acids is 2. The first kappa shape index (κ1) is 17.4. The molecule has 2 unspecified atom stereocenters. The largest absolute Gasteiger partial charge is 0.461 e. The molecule has 1 rings (SSSR count). The summed E-state index contributed by atoms with van der Waals surface area (Å²) in [5, 5.41) is 9.75. The number of hydrogen-bond donors (Lipinski definition) is 1. The molecule has 0 fully saturated rings. The number of ether oxygens (including phenoxy) is 1. The zero-order valence-corrected chi connectivity index (χ0v) is 13.1. The smallest absolute Gasteiger partial charge is 0.306 e. The van der Waals surface area contributed by atoms with Gasteiger partial charge >= 0.3 is 5.97 Å². The number of rotatable bonds is 6. The van der Waals surface area contributed by atoms with Crippen LogP contribution in [0, 0.1) is 11.3 Å². The summed E-state index contributed by atoms with van der Waals surface area (Å²) in [5.41, 5.74) is 0.294. The Hall–Kier alpha value is -1.68. The standard InChI is InChI=1S/C17H24O4/c1-12(18)14(16(20)17(2,3)4)10-15(19)21-11-13-8-6-5-7-9-13/h5-9,12,14,18H,10-11H2,1-4H3. The Morgan fingerprint density at radius 3 is 2.24 bits per heavy atom. The maximum atomic E-state index is 12.2. The molecule has 0 amide bonds. The molecule has 21 heavy (non-hydrogen) atoms. The Labute approximate surface area is 126 Å². The lowest BCUT2D eigenvalue weighted by molar-refractivity contribution is -0.151. The zero-order valence-electron chi connectivity index (χ0n) is 13.1. The number of benzene rings is 1. The van der Waals surface area contributed by atoms with Crippen molar-refractivity contribution in [3.63, 3.8) is 0 Å². The van der Waals surface area contributed by atoms with E-state index in [-0.39, 0.29) is 18.8 Å². The van der Waals surface area contributed by atoms with Gasteiger partial charge in [-0.2, -0.15) is 0 Å². The summed E-state index contributed by atoms with van der Waals surface area (Å²) in [6, 6.07) is 9.34. The number of aliphatic hydroxyl groups is 1. The minimum atomic E-state index is -0.874. The highest BCUT2D eigenvalue weighted by Gasteiger charge is 2.34. The van der Waals surface area contributed by atoms with Crippen LogP contribution in [0.4, 0.5) is 0 Å². The molecule has 0 aromatic heterocycles. The third-order valence-electron chi connectivity index (χ3n) is 3.29. The van der Waals surface area contributed by atoms with Crippen LogP contribution >= 0.6 is 0 Å². The van der Waals surface area contributed by atoms with Gasteiger partial charge in [0.05, 0.1) is 18.4 Å². The first-order valence-electron chi connectivity index (χ1n) is 7.13. The van der Waals surface area contributed by atoms with Crippen molar-refractivity contribution in [1.82, 2.24) is 0 Å². The van der Waals surface area contributed by atoms with Crippen LogP contribution in [-0.2, 0) is 20.9 Å². The molecule has 0 radical (unpaired) electrons. The SMILES string of the molecule is CC(O)C(CC(=O)OCc1ccccc1)C(=O)C(C)(C)C. The number of Topliss-reactive ketones (excluding diaryl/α,β-unsaturated/α-hetero) is 1. The summed E-state index contributed by atoms with van der Waals surface area (Å²) < 4.78 is 5.17. The van der Waals surface area contributed by atoms with Gasteiger partial charge in [-0.15, -0.1) is 0 Å². The van der Waals surface area contributed by atoms with Crippen molar-refractivity contribution in [2.45, 2.75) is 46.8 Å². The summed E-state index contributed by atoms with van der Waals surface area (Å²) in [4.78, 5) is 24.1. The normalized spacial score (nSPS) is 14.3. The maximum Gasteiger partial charge on any atom is 0.306 e. The molecule has 116 valence electrons. The Morgan fingerprint density at radius 1 is 1.19 bits per heavy atom. The van der Waals surface area contributed by atoms with Gasteiger partial charge in [0, 0.05) is 5.41 Å². The Kier molecular flexibility index (Phi) is 6.09. The Morgan fingerprint density at radius 2 is 1.76 bits per heavy atom. The van der Waals surface area contributed by atoms with Gasteiger partial charge in [-0.3, -0.25) is 9.59 Å². The van der Waals surface area contributed by atoms with Crippen LogP contribution in [0.5, 0.6) is 0 Å². The lowest BCUT2D eigenvalue weighted by Gasteiger charge is -2.26. The van der Waals surface area contributed by atoms with Crippen LogP contribution in [0.15, 0.2) is 30.3 Å². The number of carbonyl (C=O) groups is 2. The predicted octanol–water partition coefficient (Wildman–Crippen LogP) is 2.73. The van der Waals surface area contributed by atoms with Crippen molar-refractivity contribution in [3.8, 4) is 0 Å². The third-order valence-corrected chi connectivity index (χ3v) is 3.29. The fourth-order valence-corrected chi connectivity index (χ4v) is 2.02. The van der Waals surface area contributed by atoms with Crippen molar-refractivity contribution in [2.75, 3.05) is 0 Å². The first-order valence-corrected chi connectivity index (χ1v) is 7.13. The van der Waals surface area contributed by atoms with Gasteiger partial charge in [-0.25, -0.2) is 0 Å². The van der Waals surface area contributed by atoms with Gasteiger partial charge in [0.25, 0.3) is 0 Å². The van der Waals surface area contributed by atoms with E-state index < -0.39 is 23.4 Å². The molecule has 0 aliphatic carbocycles. The fraction of sp³-hybridized carbons (Fsp3) is 0.529. The first-order chi connectivity index (χ1) is 9.71. The molecular weight excluding hydrogens is 268 g/mol. The molecule has 1 aromatic carbocycles. The molecule has 0 saturated carbocycles. The van der Waals surface area contributed by atoms with Crippen molar-refractivity contribution in [3.05, 3.63) is 35.9 Å². The average Bonchev–Trinajstić information content (AvgIpc) is 2.41. The summed E-state index contributed by atoms with van der Waals surface area (Å²) in [6.45, 7) is 7.04. The van der Waals surface area contributed by atoms with Gasteiger partial charge in [0.15, 0.2) is 0 Å². The van der Waals surface area contributed by atoms with E-state index in [1.807, 2.05) is 30.3 Å². The van der Waals surface area contributed by atoms with Gasteiger partial charge in [0.1, 0.15) is 12.4 Å². The van der Waals surface area contributed by atoms with Crippen molar-refractivity contribution in [2.24, 2.45) is 11.3 Å². The summed E-state index contributed by atoms with van der Waals surface area (Å²) >= 11 is 0. The average molecular weight is 292 g/mol. The van der Waals surface area contributed by atoms with Crippen molar-refractivity contribution < 1.29 is 19.4 Å². The van der Waals surface area contributed by atoms with Crippen LogP contribution < -0.4 is 0 Å². The molecule has 0 aliphatic heterocycles. The molecule has 1 N–H and O–H groups in total. The van der Waals surface area contributed by atoms with Gasteiger partial charge in [-0.1, -0.05) is 51.1 Å². The van der Waals surface area contributed by atoms with Crippen molar-refractivity contribution in [1.29, 1.82) is 0 Å².